The van der Waals surface area contributed by atoms with E-state index in [0.717, 1.165) is 35.9 Å². The fourth-order valence-corrected chi connectivity index (χ4v) is 2.04. The molecule has 197 valence electrons. The van der Waals surface area contributed by atoms with Gasteiger partial charge in [0.1, 0.15) is 0 Å². The summed E-state index contributed by atoms with van der Waals surface area (Å²) in [6.45, 7) is 4.08. The maximum Gasteiger partial charge on any atom is 2.00 e. The zero-order valence-corrected chi connectivity index (χ0v) is 20.7. The minimum Gasteiger partial charge on any atom is -0.325 e. The maximum atomic E-state index is 8.49. The molecule has 3 aromatic rings. The molecular weight excluding hydrogens is 561 g/mol. The van der Waals surface area contributed by atoms with Gasteiger partial charge in [0.05, 0.1) is 17.1 Å². The summed E-state index contributed by atoms with van der Waals surface area (Å²) in [6.07, 6.45) is 3.55. The van der Waals surface area contributed by atoms with Crippen molar-refractivity contribution in [1.29, 1.82) is 0 Å². The minimum atomic E-state index is -4.94. The Balaban J connectivity index is 0. The Hall–Kier alpha value is -1.85. The fourth-order valence-electron chi connectivity index (χ4n) is 2.04. The first-order valence-corrected chi connectivity index (χ1v) is 11.6. The van der Waals surface area contributed by atoms with E-state index in [0.29, 0.717) is 6.54 Å². The molecule has 3 aromatic heterocycles. The van der Waals surface area contributed by atoms with Crippen LogP contribution in [0.5, 0.6) is 0 Å². The van der Waals surface area contributed by atoms with Crippen LogP contribution in [-0.4, -0.2) is 15.0 Å². The summed E-state index contributed by atoms with van der Waals surface area (Å²) >= 11 is 0. The van der Waals surface area contributed by atoms with Crippen LogP contribution in [0.1, 0.15) is 22.8 Å². The fraction of sp³-hybridized carbons (Fsp3) is 0.211. The summed E-state index contributed by atoms with van der Waals surface area (Å²) in [5.74, 6) is 0. The predicted molar refractivity (Wildman–Crippen MR) is 95.9 cm³/mol. The Morgan fingerprint density at radius 3 is 1.49 bits per heavy atom. The molecule has 3 rings (SSSR count). The molecular formula is C19H23Cl2CuN5O8. The Labute approximate surface area is 216 Å². The zero-order valence-electron chi connectivity index (χ0n) is 18.2. The van der Waals surface area contributed by atoms with Gasteiger partial charge in [0.25, 0.3) is 0 Å². The van der Waals surface area contributed by atoms with Crippen molar-refractivity contribution in [2.45, 2.75) is 26.6 Å². The van der Waals surface area contributed by atoms with Gasteiger partial charge < -0.3 is 11.1 Å². The summed E-state index contributed by atoms with van der Waals surface area (Å²) in [4.78, 5) is 12.6. The molecule has 3 heterocycles. The summed E-state index contributed by atoms with van der Waals surface area (Å²) in [6, 6.07) is 17.7. The molecule has 3 N–H and O–H groups in total. The average molecular weight is 584 g/mol. The monoisotopic (exact) mass is 582 g/mol. The molecule has 1 radical (unpaired) electrons. The molecule has 0 aliphatic carbocycles. The summed E-state index contributed by atoms with van der Waals surface area (Å²) in [5, 5.41) is 3.32. The van der Waals surface area contributed by atoms with Crippen molar-refractivity contribution in [2.24, 2.45) is 5.73 Å². The number of nitrogens with zero attached hydrogens (tertiary/aromatic N) is 3. The Morgan fingerprint density at radius 2 is 1.11 bits per heavy atom. The van der Waals surface area contributed by atoms with Gasteiger partial charge in [-0.2, -0.15) is 0 Å². The molecule has 16 heteroatoms. The Bertz CT molecular complexity index is 883. The van der Waals surface area contributed by atoms with Gasteiger partial charge in [-0.25, -0.2) is 37.3 Å². The molecule has 0 amide bonds. The van der Waals surface area contributed by atoms with Crippen LogP contribution in [0.4, 0.5) is 0 Å². The molecule has 0 aliphatic heterocycles. The first kappa shape index (κ1) is 35.3. The SMILES string of the molecule is Cc1cccc(CNCc2ccccn2)n1.NCc1ccccn1.[Cu+2].[O-][Cl+3]([O-])([O-])[O-].[O-][Cl+3]([O-])([O-])[O-]. The number of aromatic nitrogens is 3. The van der Waals surface area contributed by atoms with Gasteiger partial charge >= 0.3 is 17.1 Å². The van der Waals surface area contributed by atoms with Gasteiger partial charge in [-0.3, -0.25) is 15.0 Å². The van der Waals surface area contributed by atoms with Crippen molar-refractivity contribution in [1.82, 2.24) is 20.3 Å². The van der Waals surface area contributed by atoms with E-state index in [2.05, 4.69) is 20.3 Å². The smallest absolute Gasteiger partial charge is 0.325 e. The van der Waals surface area contributed by atoms with Crippen molar-refractivity contribution in [3.8, 4) is 0 Å². The normalized spacial score (nSPS) is 10.2. The van der Waals surface area contributed by atoms with Crippen LogP contribution < -0.4 is 48.3 Å². The predicted octanol–water partition coefficient (Wildman–Crippen LogP) is -6.90. The van der Waals surface area contributed by atoms with Crippen molar-refractivity contribution >= 4 is 0 Å². The van der Waals surface area contributed by atoms with E-state index in [-0.39, 0.29) is 17.1 Å². The van der Waals surface area contributed by atoms with E-state index in [1.54, 1.807) is 6.20 Å². The molecule has 0 spiro atoms. The van der Waals surface area contributed by atoms with Gasteiger partial charge in [-0.1, -0.05) is 18.2 Å². The van der Waals surface area contributed by atoms with E-state index in [9.17, 15) is 0 Å². The van der Waals surface area contributed by atoms with Crippen LogP contribution in [-0.2, 0) is 36.7 Å². The topological polar surface area (TPSA) is 261 Å². The van der Waals surface area contributed by atoms with Gasteiger partial charge in [-0.15, -0.1) is 20.5 Å². The Kier molecular flexibility index (Phi) is 19.5. The van der Waals surface area contributed by atoms with Gasteiger partial charge in [0, 0.05) is 37.7 Å². The Morgan fingerprint density at radius 1 is 0.686 bits per heavy atom. The van der Waals surface area contributed by atoms with Crippen LogP contribution >= 0.6 is 0 Å². The number of rotatable bonds is 5. The largest absolute Gasteiger partial charge is 2.00 e. The molecule has 0 saturated carbocycles. The molecule has 0 unspecified atom stereocenters. The van der Waals surface area contributed by atoms with Crippen LogP contribution in [0, 0.1) is 27.4 Å². The third-order valence-corrected chi connectivity index (χ3v) is 3.22. The number of hydrogen-bond donors (Lipinski definition) is 2. The van der Waals surface area contributed by atoms with Crippen molar-refractivity contribution in [2.75, 3.05) is 0 Å². The van der Waals surface area contributed by atoms with Crippen LogP contribution in [0.15, 0.2) is 67.0 Å². The summed E-state index contributed by atoms with van der Waals surface area (Å²) in [5.41, 5.74) is 9.39. The van der Waals surface area contributed by atoms with Gasteiger partial charge in [0.15, 0.2) is 0 Å². The van der Waals surface area contributed by atoms with E-state index < -0.39 is 20.5 Å². The second-order valence-electron chi connectivity index (χ2n) is 5.98. The van der Waals surface area contributed by atoms with Gasteiger partial charge in [-0.05, 0) is 43.3 Å². The average Bonchev–Trinajstić information content (AvgIpc) is 2.73. The molecule has 13 nitrogen and oxygen atoms in total. The van der Waals surface area contributed by atoms with Crippen molar-refractivity contribution < 1.29 is 74.8 Å². The third-order valence-electron chi connectivity index (χ3n) is 3.22. The number of pyridine rings is 3. The number of halogens is 2. The molecule has 0 saturated heterocycles. The standard InChI is InChI=1S/C13H15N3.C6H8N2.2ClHO4.Cu/c1-11-5-4-7-13(16-11)10-14-9-12-6-2-3-8-15-12;7-5-6-3-1-2-4-8-6;2*2-1(3,4)5;/h2-8,14H,9-10H2,1H3;1-4H,5,7H2;2*(H,2,3,4,5);/q;;;;+2/p-2. The van der Waals surface area contributed by atoms with E-state index >= 15 is 0 Å². The molecule has 0 aliphatic rings. The van der Waals surface area contributed by atoms with E-state index in [1.165, 1.54) is 0 Å². The quantitative estimate of drug-likeness (QED) is 0.265. The zero-order chi connectivity index (χ0) is 26.0. The molecule has 35 heavy (non-hydrogen) atoms. The minimum absolute atomic E-state index is 0. The second kappa shape index (κ2) is 19.4. The summed E-state index contributed by atoms with van der Waals surface area (Å²) < 4.78 is 67.9. The number of aryl methyl sites for hydroxylation is 1. The second-order valence-corrected chi connectivity index (χ2v) is 7.49. The number of nitrogens with one attached hydrogen (secondary N) is 1. The van der Waals surface area contributed by atoms with Crippen molar-refractivity contribution in [3.05, 3.63) is 89.8 Å². The summed E-state index contributed by atoms with van der Waals surface area (Å²) in [7, 11) is -9.89. The molecule has 0 fully saturated rings. The first-order valence-electron chi connectivity index (χ1n) is 9.14. The van der Waals surface area contributed by atoms with E-state index in [4.69, 9.17) is 43.0 Å². The van der Waals surface area contributed by atoms with Crippen LogP contribution in [0.2, 0.25) is 0 Å². The number of hydrogen-bond acceptors (Lipinski definition) is 13. The first-order chi connectivity index (χ1) is 15.8. The maximum absolute atomic E-state index is 8.49. The third kappa shape index (κ3) is 28.3. The molecule has 0 atom stereocenters. The van der Waals surface area contributed by atoms with Crippen LogP contribution in [0.25, 0.3) is 0 Å². The molecule has 0 aromatic carbocycles. The van der Waals surface area contributed by atoms with Crippen molar-refractivity contribution in [3.63, 3.8) is 0 Å². The molecule has 0 bridgehead atoms. The van der Waals surface area contributed by atoms with E-state index in [1.807, 2.05) is 67.7 Å². The van der Waals surface area contributed by atoms with Gasteiger partial charge in [0.2, 0.25) is 0 Å². The number of nitrogens with two attached hydrogens (primary N) is 1. The van der Waals surface area contributed by atoms with Crippen LogP contribution in [0.3, 0.4) is 0 Å².